The first kappa shape index (κ1) is 12.5. The predicted molar refractivity (Wildman–Crippen MR) is 56.4 cm³/mol. The third-order valence-corrected chi connectivity index (χ3v) is 1.77. The zero-order valence-corrected chi connectivity index (χ0v) is 9.18. The summed E-state index contributed by atoms with van der Waals surface area (Å²) < 4.78 is 5.62. The van der Waals surface area contributed by atoms with E-state index in [4.69, 9.17) is 16.9 Å². The summed E-state index contributed by atoms with van der Waals surface area (Å²) in [6, 6.07) is 0. The van der Waals surface area contributed by atoms with Crippen molar-refractivity contribution in [1.29, 1.82) is 0 Å². The van der Waals surface area contributed by atoms with Gasteiger partial charge in [0.1, 0.15) is 0 Å². The van der Waals surface area contributed by atoms with Crippen LogP contribution in [0.25, 0.3) is 0 Å². The summed E-state index contributed by atoms with van der Waals surface area (Å²) >= 11 is 0. The number of hydrogen-bond donors (Lipinski definition) is 1. The van der Waals surface area contributed by atoms with E-state index in [0.717, 1.165) is 6.42 Å². The Morgan fingerprint density at radius 2 is 1.85 bits per heavy atom. The molecule has 13 heavy (non-hydrogen) atoms. The van der Waals surface area contributed by atoms with Gasteiger partial charge in [-0.1, -0.05) is 0 Å². The lowest BCUT2D eigenvalue weighted by Crippen LogP contribution is -2.35. The maximum Gasteiger partial charge on any atom is 0.0735 e. The molecule has 0 heterocycles. The van der Waals surface area contributed by atoms with Crippen LogP contribution in [-0.2, 0) is 4.74 Å². The van der Waals surface area contributed by atoms with Crippen molar-refractivity contribution in [3.63, 3.8) is 0 Å². The molecule has 0 aliphatic rings. The van der Waals surface area contributed by atoms with Crippen LogP contribution in [0.15, 0.2) is 0 Å². The summed E-state index contributed by atoms with van der Waals surface area (Å²) in [4.78, 5) is 0. The van der Waals surface area contributed by atoms with Crippen molar-refractivity contribution in [3.05, 3.63) is 0 Å². The Bertz CT molecular complexity index is 183. The minimum atomic E-state index is -0.222. The van der Waals surface area contributed by atoms with Crippen molar-refractivity contribution < 1.29 is 4.74 Å². The van der Waals surface area contributed by atoms with Crippen molar-refractivity contribution in [2.45, 2.75) is 51.7 Å². The van der Waals surface area contributed by atoms with Gasteiger partial charge in [0, 0.05) is 18.6 Å². The molecule has 0 spiro atoms. The highest BCUT2D eigenvalue weighted by atomic mass is 16.5. The highest BCUT2D eigenvalue weighted by molar-refractivity contribution is 4.91. The van der Waals surface area contributed by atoms with Crippen LogP contribution in [0.2, 0.25) is 0 Å². The SMILES string of the molecule is C#CCC(C)(C)OCCC(C)(C)N. The van der Waals surface area contributed by atoms with Gasteiger partial charge in [-0.15, -0.1) is 12.3 Å². The van der Waals surface area contributed by atoms with Gasteiger partial charge in [-0.2, -0.15) is 0 Å². The summed E-state index contributed by atoms with van der Waals surface area (Å²) in [5.41, 5.74) is 5.44. The quantitative estimate of drug-likeness (QED) is 0.661. The highest BCUT2D eigenvalue weighted by Crippen LogP contribution is 2.15. The van der Waals surface area contributed by atoms with Crippen molar-refractivity contribution in [1.82, 2.24) is 0 Å². The molecule has 0 aromatic carbocycles. The average molecular weight is 183 g/mol. The molecule has 2 nitrogen and oxygen atoms in total. The van der Waals surface area contributed by atoms with Gasteiger partial charge in [0.2, 0.25) is 0 Å². The van der Waals surface area contributed by atoms with Crippen LogP contribution in [0.1, 0.15) is 40.5 Å². The van der Waals surface area contributed by atoms with Gasteiger partial charge < -0.3 is 10.5 Å². The van der Waals surface area contributed by atoms with Crippen molar-refractivity contribution in [3.8, 4) is 12.3 Å². The number of rotatable bonds is 5. The van der Waals surface area contributed by atoms with Gasteiger partial charge in [-0.05, 0) is 34.1 Å². The molecule has 0 saturated carbocycles. The Hall–Kier alpha value is -0.520. The summed E-state index contributed by atoms with van der Waals surface area (Å²) in [7, 11) is 0. The van der Waals surface area contributed by atoms with Crippen LogP contribution in [-0.4, -0.2) is 17.7 Å². The monoisotopic (exact) mass is 183 g/mol. The third kappa shape index (κ3) is 7.83. The van der Waals surface area contributed by atoms with E-state index >= 15 is 0 Å². The summed E-state index contributed by atoms with van der Waals surface area (Å²) in [5, 5.41) is 0. The van der Waals surface area contributed by atoms with Gasteiger partial charge in [0.05, 0.1) is 5.60 Å². The normalized spacial score (nSPS) is 12.6. The van der Waals surface area contributed by atoms with Crippen molar-refractivity contribution in [2.75, 3.05) is 6.61 Å². The average Bonchev–Trinajstić information content (AvgIpc) is 1.82. The Morgan fingerprint density at radius 3 is 2.23 bits per heavy atom. The number of nitrogens with two attached hydrogens (primary N) is 1. The van der Waals surface area contributed by atoms with E-state index in [9.17, 15) is 0 Å². The fourth-order valence-corrected chi connectivity index (χ4v) is 0.887. The third-order valence-electron chi connectivity index (χ3n) is 1.77. The molecular weight excluding hydrogens is 162 g/mol. The van der Waals surface area contributed by atoms with Gasteiger partial charge in [0.25, 0.3) is 0 Å². The molecule has 0 saturated heterocycles. The first-order valence-electron chi connectivity index (χ1n) is 4.63. The fourth-order valence-electron chi connectivity index (χ4n) is 0.887. The molecule has 0 aliphatic carbocycles. The molecule has 0 aliphatic heterocycles. The molecule has 0 aromatic heterocycles. The molecule has 0 amide bonds. The van der Waals surface area contributed by atoms with Crippen molar-refractivity contribution >= 4 is 0 Å². The molecule has 76 valence electrons. The van der Waals surface area contributed by atoms with E-state index < -0.39 is 0 Å². The lowest BCUT2D eigenvalue weighted by atomic mass is 10.0. The van der Waals surface area contributed by atoms with E-state index in [2.05, 4.69) is 5.92 Å². The molecule has 0 rings (SSSR count). The van der Waals surface area contributed by atoms with Crippen LogP contribution >= 0.6 is 0 Å². The lowest BCUT2D eigenvalue weighted by Gasteiger charge is -2.25. The number of hydrogen-bond acceptors (Lipinski definition) is 2. The van der Waals surface area contributed by atoms with Crippen LogP contribution < -0.4 is 5.73 Å². The van der Waals surface area contributed by atoms with Gasteiger partial charge in [-0.3, -0.25) is 0 Å². The topological polar surface area (TPSA) is 35.2 Å². The second-order valence-electron chi connectivity index (χ2n) is 4.73. The van der Waals surface area contributed by atoms with E-state index in [1.54, 1.807) is 0 Å². The molecular formula is C11H21NO. The number of ether oxygens (including phenoxy) is 1. The minimum absolute atomic E-state index is 0.160. The summed E-state index contributed by atoms with van der Waals surface area (Å²) in [6.07, 6.45) is 6.70. The second kappa shape index (κ2) is 4.64. The first-order chi connectivity index (χ1) is 5.77. The standard InChI is InChI=1S/C11H21NO/c1-6-7-11(4,5)13-9-8-10(2,3)12/h1H,7-9,12H2,2-5H3. The Labute approximate surface area is 81.8 Å². The predicted octanol–water partition coefficient (Wildman–Crippen LogP) is 1.93. The maximum atomic E-state index is 5.82. The molecule has 0 atom stereocenters. The lowest BCUT2D eigenvalue weighted by molar-refractivity contribution is -0.0195. The largest absolute Gasteiger partial charge is 0.375 e. The van der Waals surface area contributed by atoms with Crippen LogP contribution in [0.4, 0.5) is 0 Å². The van der Waals surface area contributed by atoms with Gasteiger partial charge in [-0.25, -0.2) is 0 Å². The minimum Gasteiger partial charge on any atom is -0.375 e. The Morgan fingerprint density at radius 1 is 1.31 bits per heavy atom. The molecule has 0 bridgehead atoms. The molecule has 0 fully saturated rings. The fraction of sp³-hybridized carbons (Fsp3) is 0.818. The molecule has 0 unspecified atom stereocenters. The zero-order valence-electron chi connectivity index (χ0n) is 9.18. The molecule has 0 radical (unpaired) electrons. The first-order valence-corrected chi connectivity index (χ1v) is 4.63. The number of terminal acetylenes is 1. The van der Waals surface area contributed by atoms with E-state index in [-0.39, 0.29) is 11.1 Å². The molecule has 2 N–H and O–H groups in total. The smallest absolute Gasteiger partial charge is 0.0735 e. The van der Waals surface area contributed by atoms with E-state index in [0.29, 0.717) is 13.0 Å². The van der Waals surface area contributed by atoms with Gasteiger partial charge in [0.15, 0.2) is 0 Å². The zero-order chi connectivity index (χ0) is 10.5. The Balaban J connectivity index is 3.71. The Kier molecular flexibility index (Phi) is 4.46. The second-order valence-corrected chi connectivity index (χ2v) is 4.73. The van der Waals surface area contributed by atoms with Crippen LogP contribution in [0.5, 0.6) is 0 Å². The summed E-state index contributed by atoms with van der Waals surface area (Å²) in [5.74, 6) is 2.60. The maximum absolute atomic E-state index is 5.82. The van der Waals surface area contributed by atoms with E-state index in [1.807, 2.05) is 27.7 Å². The van der Waals surface area contributed by atoms with Crippen LogP contribution in [0, 0.1) is 12.3 Å². The summed E-state index contributed by atoms with van der Waals surface area (Å²) in [6.45, 7) is 8.64. The van der Waals surface area contributed by atoms with Crippen LogP contribution in [0.3, 0.4) is 0 Å². The van der Waals surface area contributed by atoms with Crippen molar-refractivity contribution in [2.24, 2.45) is 5.73 Å². The molecule has 2 heteroatoms. The van der Waals surface area contributed by atoms with E-state index in [1.165, 1.54) is 0 Å². The van der Waals surface area contributed by atoms with Gasteiger partial charge >= 0.3 is 0 Å². The molecule has 0 aromatic rings. The highest BCUT2D eigenvalue weighted by Gasteiger charge is 2.18.